The van der Waals surface area contributed by atoms with E-state index in [2.05, 4.69) is 25.9 Å². The largest absolute Gasteiger partial charge is 0.373 e. The van der Waals surface area contributed by atoms with Gasteiger partial charge in [0.2, 0.25) is 11.8 Å². The molecule has 1 aromatic carbocycles. The van der Waals surface area contributed by atoms with Crippen molar-refractivity contribution in [3.8, 4) is 11.1 Å². The molecule has 0 spiro atoms. The van der Waals surface area contributed by atoms with Crippen LogP contribution in [0, 0.1) is 5.92 Å². The number of aromatic nitrogens is 4. The van der Waals surface area contributed by atoms with E-state index in [-0.39, 0.29) is 36.7 Å². The van der Waals surface area contributed by atoms with Gasteiger partial charge in [-0.3, -0.25) is 14.3 Å². The van der Waals surface area contributed by atoms with E-state index in [1.807, 2.05) is 12.1 Å². The molecule has 36 heavy (non-hydrogen) atoms. The molecule has 3 fully saturated rings. The van der Waals surface area contributed by atoms with Crippen molar-refractivity contribution in [2.24, 2.45) is 11.7 Å². The first-order chi connectivity index (χ1) is 17.3. The Morgan fingerprint density at radius 3 is 2.86 bits per heavy atom. The Morgan fingerprint density at radius 2 is 2.17 bits per heavy atom. The SMILES string of the molecule is NC(O)c1nn(CC(=O)N2CC(F)CC2C(=O)NC23CNCC2C3)c2ccc(-c3ccnnc3)cc12. The van der Waals surface area contributed by atoms with Crippen LogP contribution in [0.3, 0.4) is 0 Å². The quantitative estimate of drug-likeness (QED) is 0.346. The fraction of sp³-hybridized carbons (Fsp3) is 0.458. The Kier molecular flexibility index (Phi) is 5.47. The molecule has 6 rings (SSSR count). The first-order valence-corrected chi connectivity index (χ1v) is 12.0. The number of nitrogens with one attached hydrogen (secondary N) is 2. The van der Waals surface area contributed by atoms with Crippen molar-refractivity contribution in [3.63, 3.8) is 0 Å². The van der Waals surface area contributed by atoms with E-state index in [9.17, 15) is 19.1 Å². The van der Waals surface area contributed by atoms with Crippen LogP contribution in [0.4, 0.5) is 4.39 Å². The monoisotopic (exact) mass is 494 g/mol. The highest BCUT2D eigenvalue weighted by atomic mass is 19.1. The summed E-state index contributed by atoms with van der Waals surface area (Å²) in [6.45, 7) is 1.20. The number of rotatable bonds is 6. The predicted octanol–water partition coefficient (Wildman–Crippen LogP) is -0.140. The highest BCUT2D eigenvalue weighted by molar-refractivity contribution is 5.91. The number of carbonyl (C=O) groups excluding carboxylic acids is 2. The molecule has 2 aromatic heterocycles. The standard InChI is InChI=1S/C24H27FN8O3/c25-16-6-19(23(36)30-24-7-15(24)9-27-12-24)32(10-16)20(34)11-33-18-2-1-13(14-3-4-28-29-8-14)5-17(18)21(31-33)22(26)35/h1-5,8,15-16,19,22,27,35H,6-7,9-12,26H2,(H,30,36). The van der Waals surface area contributed by atoms with E-state index in [1.165, 1.54) is 9.58 Å². The number of piperidine rings is 1. The number of carbonyl (C=O) groups is 2. The summed E-state index contributed by atoms with van der Waals surface area (Å²) in [4.78, 5) is 27.7. The molecule has 12 heteroatoms. The smallest absolute Gasteiger partial charge is 0.245 e. The van der Waals surface area contributed by atoms with Crippen LogP contribution in [0.1, 0.15) is 24.8 Å². The molecule has 188 valence electrons. The summed E-state index contributed by atoms with van der Waals surface area (Å²) in [7, 11) is 0. The Bertz CT molecular complexity index is 1330. The summed E-state index contributed by atoms with van der Waals surface area (Å²) in [5, 5.41) is 29.1. The minimum absolute atomic E-state index is 0.0261. The van der Waals surface area contributed by atoms with Crippen LogP contribution in [0.5, 0.6) is 0 Å². The molecule has 5 unspecified atom stereocenters. The number of nitrogens with zero attached hydrogens (tertiary/aromatic N) is 5. The zero-order chi connectivity index (χ0) is 25.0. The molecule has 0 radical (unpaired) electrons. The molecule has 2 saturated heterocycles. The normalized spacial score (nSPS) is 27.8. The fourth-order valence-corrected chi connectivity index (χ4v) is 5.57. The van der Waals surface area contributed by atoms with E-state index in [4.69, 9.17) is 5.73 Å². The number of amides is 2. The summed E-state index contributed by atoms with van der Waals surface area (Å²) < 4.78 is 15.8. The summed E-state index contributed by atoms with van der Waals surface area (Å²) in [6, 6.07) is 6.38. The maximum absolute atomic E-state index is 14.4. The van der Waals surface area contributed by atoms with E-state index in [0.29, 0.717) is 23.4 Å². The van der Waals surface area contributed by atoms with Gasteiger partial charge in [0.05, 0.1) is 30.0 Å². The lowest BCUT2D eigenvalue weighted by atomic mass is 10.0. The van der Waals surface area contributed by atoms with Crippen LogP contribution in [0.2, 0.25) is 0 Å². The maximum atomic E-state index is 14.4. The zero-order valence-corrected chi connectivity index (χ0v) is 19.5. The number of hydrogen-bond donors (Lipinski definition) is 4. The van der Waals surface area contributed by atoms with Crippen LogP contribution >= 0.6 is 0 Å². The van der Waals surface area contributed by atoms with Gasteiger partial charge in [0.15, 0.2) is 0 Å². The van der Waals surface area contributed by atoms with Gasteiger partial charge in [-0.2, -0.15) is 15.3 Å². The molecule has 3 aliphatic rings. The second-order valence-electron chi connectivity index (χ2n) is 9.92. The van der Waals surface area contributed by atoms with Gasteiger partial charge in [0.1, 0.15) is 30.7 Å². The van der Waals surface area contributed by atoms with E-state index >= 15 is 0 Å². The van der Waals surface area contributed by atoms with Gasteiger partial charge in [0.25, 0.3) is 0 Å². The fourth-order valence-electron chi connectivity index (χ4n) is 5.57. The number of alkyl halides is 1. The summed E-state index contributed by atoms with van der Waals surface area (Å²) in [5.41, 5.74) is 7.95. The van der Waals surface area contributed by atoms with Crippen molar-refractivity contribution >= 4 is 22.7 Å². The van der Waals surface area contributed by atoms with Gasteiger partial charge in [-0.1, -0.05) is 6.07 Å². The Balaban J connectivity index is 1.25. The van der Waals surface area contributed by atoms with E-state index in [0.717, 1.165) is 24.1 Å². The van der Waals surface area contributed by atoms with Gasteiger partial charge in [-0.25, -0.2) is 4.39 Å². The minimum Gasteiger partial charge on any atom is -0.373 e. The van der Waals surface area contributed by atoms with Crippen LogP contribution in [0.25, 0.3) is 22.0 Å². The number of aliphatic hydroxyl groups is 1. The Hall–Kier alpha value is -3.48. The Morgan fingerprint density at radius 1 is 1.31 bits per heavy atom. The third-order valence-corrected chi connectivity index (χ3v) is 7.57. The summed E-state index contributed by atoms with van der Waals surface area (Å²) >= 11 is 0. The van der Waals surface area contributed by atoms with Crippen LogP contribution in [-0.2, 0) is 16.1 Å². The predicted molar refractivity (Wildman–Crippen MR) is 127 cm³/mol. The van der Waals surface area contributed by atoms with E-state index < -0.39 is 24.3 Å². The number of fused-ring (bicyclic) bond motifs is 2. The second kappa shape index (κ2) is 8.57. The lowest BCUT2D eigenvalue weighted by Gasteiger charge is -2.26. The maximum Gasteiger partial charge on any atom is 0.245 e. The van der Waals surface area contributed by atoms with Crippen LogP contribution < -0.4 is 16.4 Å². The lowest BCUT2D eigenvalue weighted by molar-refractivity contribution is -0.139. The molecular weight excluding hydrogens is 467 g/mol. The van der Waals surface area contributed by atoms with Crippen molar-refractivity contribution in [2.75, 3.05) is 19.6 Å². The molecule has 1 saturated carbocycles. The van der Waals surface area contributed by atoms with Crippen molar-refractivity contribution in [3.05, 3.63) is 42.4 Å². The molecule has 5 N–H and O–H groups in total. The van der Waals surface area contributed by atoms with Crippen LogP contribution in [0.15, 0.2) is 36.7 Å². The zero-order valence-electron chi connectivity index (χ0n) is 19.5. The molecule has 2 amide bonds. The van der Waals surface area contributed by atoms with Crippen molar-refractivity contribution in [1.29, 1.82) is 0 Å². The third-order valence-electron chi connectivity index (χ3n) is 7.57. The first kappa shape index (κ1) is 23.0. The first-order valence-electron chi connectivity index (χ1n) is 12.0. The van der Waals surface area contributed by atoms with Gasteiger partial charge in [-0.15, -0.1) is 0 Å². The topological polar surface area (TPSA) is 151 Å². The van der Waals surface area contributed by atoms with Crippen molar-refractivity contribution in [2.45, 2.75) is 43.4 Å². The third kappa shape index (κ3) is 3.91. The molecule has 2 aliphatic heterocycles. The molecule has 3 aromatic rings. The summed E-state index contributed by atoms with van der Waals surface area (Å²) in [5.74, 6) is -0.333. The van der Waals surface area contributed by atoms with Crippen LogP contribution in [-0.4, -0.2) is 79.2 Å². The second-order valence-corrected chi connectivity index (χ2v) is 9.92. The average molecular weight is 495 g/mol. The minimum atomic E-state index is -1.36. The molecule has 0 bridgehead atoms. The highest BCUT2D eigenvalue weighted by Gasteiger charge is 2.59. The molecule has 4 heterocycles. The molecule has 11 nitrogen and oxygen atoms in total. The highest BCUT2D eigenvalue weighted by Crippen LogP contribution is 2.46. The van der Waals surface area contributed by atoms with Crippen molar-refractivity contribution < 1.29 is 19.1 Å². The number of benzene rings is 1. The number of aliphatic hydroxyl groups excluding tert-OH is 1. The summed E-state index contributed by atoms with van der Waals surface area (Å²) in [6.07, 6.45) is 1.44. The van der Waals surface area contributed by atoms with Gasteiger partial charge in [-0.05, 0) is 36.1 Å². The van der Waals surface area contributed by atoms with Crippen molar-refractivity contribution in [1.82, 2.24) is 35.5 Å². The van der Waals surface area contributed by atoms with E-state index in [1.54, 1.807) is 24.5 Å². The van der Waals surface area contributed by atoms with Gasteiger partial charge < -0.3 is 26.4 Å². The molecule has 1 aliphatic carbocycles. The van der Waals surface area contributed by atoms with Gasteiger partial charge in [0, 0.05) is 30.5 Å². The molecular formula is C24H27FN8O3. The Labute approximate surface area is 205 Å². The lowest BCUT2D eigenvalue weighted by Crippen LogP contribution is -2.51. The number of likely N-dealkylation sites (tertiary alicyclic amines) is 1. The molecule has 5 atom stereocenters. The number of halogens is 1. The number of nitrogens with two attached hydrogens (primary N) is 1. The van der Waals surface area contributed by atoms with Gasteiger partial charge >= 0.3 is 0 Å². The number of hydrogen-bond acceptors (Lipinski definition) is 8. The average Bonchev–Trinajstić information content (AvgIpc) is 3.19.